The molecule has 0 saturated carbocycles. The normalized spacial score (nSPS) is 17.0. The molecule has 0 amide bonds. The number of aryl methyl sites for hydroxylation is 1. The minimum atomic E-state index is -3.85. The number of benzene rings is 2. The zero-order valence-corrected chi connectivity index (χ0v) is 22.1. The lowest BCUT2D eigenvalue weighted by atomic mass is 10.0. The van der Waals surface area contributed by atoms with Crippen molar-refractivity contribution in [1.82, 2.24) is 13.9 Å². The van der Waals surface area contributed by atoms with Crippen LogP contribution >= 0.6 is 0 Å². The Bertz CT molecular complexity index is 1770. The molecule has 10 nitrogen and oxygen atoms in total. The molecule has 0 atom stereocenters. The maximum atomic E-state index is 13.6. The summed E-state index contributed by atoms with van der Waals surface area (Å²) >= 11 is 0. The van der Waals surface area contributed by atoms with E-state index < -0.39 is 15.8 Å². The van der Waals surface area contributed by atoms with Crippen LogP contribution < -0.4 is 9.47 Å². The van der Waals surface area contributed by atoms with Crippen molar-refractivity contribution in [2.45, 2.75) is 4.90 Å². The molecule has 11 heteroatoms. The lowest BCUT2D eigenvalue weighted by Crippen LogP contribution is -2.40. The Kier molecular flexibility index (Phi) is 6.13. The van der Waals surface area contributed by atoms with Crippen LogP contribution in [-0.2, 0) is 21.8 Å². The molecule has 0 radical (unpaired) electrons. The summed E-state index contributed by atoms with van der Waals surface area (Å²) in [5.41, 5.74) is 2.77. The number of aromatic hydroxyl groups is 1. The summed E-state index contributed by atoms with van der Waals surface area (Å²) in [7, 11) is -0.574. The van der Waals surface area contributed by atoms with Gasteiger partial charge in [0.05, 0.1) is 20.3 Å². The van der Waals surface area contributed by atoms with Gasteiger partial charge in [-0.25, -0.2) is 13.4 Å². The van der Waals surface area contributed by atoms with Gasteiger partial charge in [0, 0.05) is 43.5 Å². The fraction of sp³-hybridized carbons (Fsp3) is 0.214. The van der Waals surface area contributed by atoms with E-state index in [9.17, 15) is 18.3 Å². The number of sulfonamides is 1. The second-order valence-electron chi connectivity index (χ2n) is 9.22. The highest BCUT2D eigenvalue weighted by molar-refractivity contribution is 7.89. The summed E-state index contributed by atoms with van der Waals surface area (Å²) in [5, 5.41) is 10.9. The van der Waals surface area contributed by atoms with E-state index in [-0.39, 0.29) is 46.6 Å². The average molecular weight is 548 g/mol. The van der Waals surface area contributed by atoms with E-state index in [1.54, 1.807) is 48.7 Å². The zero-order valence-electron chi connectivity index (χ0n) is 21.2. The molecule has 1 N–H and O–H groups in total. The molecule has 2 aromatic heterocycles. The summed E-state index contributed by atoms with van der Waals surface area (Å²) in [4.78, 5) is 17.6. The smallest absolute Gasteiger partial charge is 0.246 e. The van der Waals surface area contributed by atoms with Crippen LogP contribution in [0.1, 0.15) is 15.9 Å². The Morgan fingerprint density at radius 3 is 2.67 bits per heavy atom. The van der Waals surface area contributed by atoms with Gasteiger partial charge < -0.3 is 23.9 Å². The third-order valence-electron chi connectivity index (χ3n) is 6.91. The lowest BCUT2D eigenvalue weighted by Gasteiger charge is -2.27. The Balaban J connectivity index is 1.49. The van der Waals surface area contributed by atoms with Crippen LogP contribution in [0.5, 0.6) is 17.2 Å². The number of Topliss-reactive ketones (excluding diaryl/α,β-unsaturated/α-hetero) is 1. The van der Waals surface area contributed by atoms with Gasteiger partial charge in [-0.3, -0.25) is 4.79 Å². The number of pyridine rings is 1. The molecular formula is C28H25N3O7S. The van der Waals surface area contributed by atoms with E-state index in [1.165, 1.54) is 17.5 Å². The van der Waals surface area contributed by atoms with Gasteiger partial charge in [-0.15, -0.1) is 0 Å². The minimum absolute atomic E-state index is 0.0606. The summed E-state index contributed by atoms with van der Waals surface area (Å²) < 4.78 is 46.9. The third-order valence-corrected chi connectivity index (χ3v) is 8.83. The topological polar surface area (TPSA) is 120 Å². The standard InChI is InChI=1S/C28H25N3O7S/c1-30-16-18(14-23-27(33)26-20(32)4-3-5-22(26)38-23)25-19(8-9-29-28(25)30)17-6-7-21(36-2)24(15-17)39(34,35)31-10-12-37-13-11-31/h3-9,14-16,32H,10-13H2,1-2H3. The summed E-state index contributed by atoms with van der Waals surface area (Å²) in [6.07, 6.45) is 5.09. The number of phenols is 1. The van der Waals surface area contributed by atoms with Crippen molar-refractivity contribution >= 4 is 32.9 Å². The van der Waals surface area contributed by atoms with Gasteiger partial charge in [0.25, 0.3) is 0 Å². The molecule has 6 rings (SSSR count). The first kappa shape index (κ1) is 25.1. The highest BCUT2D eigenvalue weighted by Gasteiger charge is 2.32. The number of morpholine rings is 1. The molecule has 4 aromatic rings. The summed E-state index contributed by atoms with van der Waals surface area (Å²) in [6.45, 7) is 1.18. The van der Waals surface area contributed by atoms with Gasteiger partial charge in [0.2, 0.25) is 15.8 Å². The quantitative estimate of drug-likeness (QED) is 0.377. The first-order valence-electron chi connectivity index (χ1n) is 12.3. The van der Waals surface area contributed by atoms with E-state index in [1.807, 2.05) is 17.8 Å². The molecule has 200 valence electrons. The zero-order chi connectivity index (χ0) is 27.3. The van der Waals surface area contributed by atoms with E-state index >= 15 is 0 Å². The van der Waals surface area contributed by atoms with Crippen LogP contribution in [0, 0.1) is 0 Å². The number of rotatable bonds is 5. The van der Waals surface area contributed by atoms with Gasteiger partial charge >= 0.3 is 0 Å². The molecule has 39 heavy (non-hydrogen) atoms. The molecule has 0 unspecified atom stereocenters. The van der Waals surface area contributed by atoms with Gasteiger partial charge in [-0.1, -0.05) is 12.1 Å². The third kappa shape index (κ3) is 4.15. The molecule has 4 heterocycles. The van der Waals surface area contributed by atoms with E-state index in [2.05, 4.69) is 4.98 Å². The minimum Gasteiger partial charge on any atom is -0.507 e. The number of hydrogen-bond acceptors (Lipinski definition) is 8. The first-order chi connectivity index (χ1) is 18.8. The first-order valence-corrected chi connectivity index (χ1v) is 13.7. The van der Waals surface area contributed by atoms with Crippen LogP contribution in [0.3, 0.4) is 0 Å². The average Bonchev–Trinajstić information content (AvgIpc) is 3.45. The number of carbonyl (C=O) groups excluding carboxylic acids is 1. The number of ether oxygens (including phenoxy) is 3. The number of hydrogen-bond donors (Lipinski definition) is 1. The Labute approximate surface area is 224 Å². The van der Waals surface area contributed by atoms with Crippen molar-refractivity contribution in [1.29, 1.82) is 0 Å². The van der Waals surface area contributed by atoms with Gasteiger partial charge in [0.1, 0.15) is 33.4 Å². The highest BCUT2D eigenvalue weighted by Crippen LogP contribution is 2.40. The monoisotopic (exact) mass is 547 g/mol. The predicted molar refractivity (Wildman–Crippen MR) is 143 cm³/mol. The maximum Gasteiger partial charge on any atom is 0.246 e. The SMILES string of the molecule is COc1ccc(-c2ccnc3c2c(C=C2Oc4cccc(O)c4C2=O)cn3C)cc1S(=O)(=O)N1CCOCC1. The fourth-order valence-corrected chi connectivity index (χ4v) is 6.61. The highest BCUT2D eigenvalue weighted by atomic mass is 32.2. The fourth-order valence-electron chi connectivity index (χ4n) is 5.02. The lowest BCUT2D eigenvalue weighted by molar-refractivity contribution is 0.0729. The maximum absolute atomic E-state index is 13.6. The van der Waals surface area contributed by atoms with Gasteiger partial charge in [-0.05, 0) is 47.5 Å². The molecular weight excluding hydrogens is 522 g/mol. The summed E-state index contributed by atoms with van der Waals surface area (Å²) in [6, 6.07) is 11.5. The van der Waals surface area contributed by atoms with Crippen molar-refractivity contribution in [2.75, 3.05) is 33.4 Å². The Morgan fingerprint density at radius 2 is 1.92 bits per heavy atom. The Morgan fingerprint density at radius 1 is 1.13 bits per heavy atom. The molecule has 1 saturated heterocycles. The number of fused-ring (bicyclic) bond motifs is 2. The molecule has 1 fully saturated rings. The molecule has 2 aliphatic rings. The Hall–Kier alpha value is -4.19. The van der Waals surface area contributed by atoms with Crippen molar-refractivity contribution in [2.24, 2.45) is 7.05 Å². The molecule has 0 spiro atoms. The number of aromatic nitrogens is 2. The van der Waals surface area contributed by atoms with Gasteiger partial charge in [-0.2, -0.15) is 4.31 Å². The second-order valence-corrected chi connectivity index (χ2v) is 11.1. The second kappa shape index (κ2) is 9.53. The summed E-state index contributed by atoms with van der Waals surface area (Å²) in [5.74, 6) is 0.0350. The van der Waals surface area contributed by atoms with Crippen LogP contribution in [0.25, 0.3) is 28.2 Å². The van der Waals surface area contributed by atoms with Crippen molar-refractivity contribution in [3.8, 4) is 28.4 Å². The number of allylic oxidation sites excluding steroid dienone is 1. The van der Waals surface area contributed by atoms with E-state index in [0.717, 1.165) is 5.56 Å². The molecule has 2 aromatic carbocycles. The van der Waals surface area contributed by atoms with E-state index in [0.29, 0.717) is 35.4 Å². The van der Waals surface area contributed by atoms with Crippen LogP contribution in [0.4, 0.5) is 0 Å². The number of phenolic OH excluding ortho intramolecular Hbond substituents is 1. The number of carbonyl (C=O) groups is 1. The van der Waals surface area contributed by atoms with Crippen molar-refractivity contribution in [3.63, 3.8) is 0 Å². The predicted octanol–water partition coefficient (Wildman–Crippen LogP) is 3.59. The molecule has 2 aliphatic heterocycles. The van der Waals surface area contributed by atoms with Crippen LogP contribution in [0.15, 0.2) is 65.5 Å². The van der Waals surface area contributed by atoms with Crippen molar-refractivity contribution in [3.05, 3.63) is 71.7 Å². The van der Waals surface area contributed by atoms with Gasteiger partial charge in [0.15, 0.2) is 5.76 Å². The number of nitrogens with zero attached hydrogens (tertiary/aromatic N) is 3. The van der Waals surface area contributed by atoms with Crippen molar-refractivity contribution < 1.29 is 32.5 Å². The van der Waals surface area contributed by atoms with E-state index in [4.69, 9.17) is 14.2 Å². The van der Waals surface area contributed by atoms with Crippen LogP contribution in [-0.4, -0.2) is 66.6 Å². The number of ketones is 1. The molecule has 0 bridgehead atoms. The molecule has 0 aliphatic carbocycles. The number of methoxy groups -OCH3 is 1. The largest absolute Gasteiger partial charge is 0.507 e. The van der Waals surface area contributed by atoms with Crippen LogP contribution in [0.2, 0.25) is 0 Å².